The lowest BCUT2D eigenvalue weighted by Gasteiger charge is -2.48. The molecule has 129 heavy (non-hydrogen) atoms. The van der Waals surface area contributed by atoms with E-state index in [-0.39, 0.29) is 49.5 Å². The van der Waals surface area contributed by atoms with E-state index in [0.717, 1.165) is 72.8 Å². The molecule has 11 bridgehead atoms. The molecule has 18 unspecified atom stereocenters. The molecule has 7 heterocycles. The number of hydrazine groups is 1. The predicted octanol–water partition coefficient (Wildman–Crippen LogP) is 2.53. The molecule has 14 rings (SSSR count). The van der Waals surface area contributed by atoms with Crippen LogP contribution in [0.15, 0.2) is 121 Å². The summed E-state index contributed by atoms with van der Waals surface area (Å²) in [5.41, 5.74) is 8.28. The van der Waals surface area contributed by atoms with Crippen LogP contribution < -0.4 is 84.4 Å². The zero-order valence-electron chi connectivity index (χ0n) is 67.9. The molecule has 11 amide bonds. The molecular weight excluding hydrogens is 1750 g/mol. The third-order valence-corrected chi connectivity index (χ3v) is 22.3. The van der Waals surface area contributed by atoms with Gasteiger partial charge in [0.05, 0.1) is 46.9 Å². The highest BCUT2D eigenvalue weighted by molar-refractivity contribution is 6.34. The quantitative estimate of drug-likeness (QED) is 0.0333. The Labute approximate surface area is 740 Å². The fourth-order valence-electron chi connectivity index (χ4n) is 15.0. The highest BCUT2D eigenvalue weighted by Gasteiger charge is 2.53. The minimum atomic E-state index is -5.02. The van der Waals surface area contributed by atoms with Crippen LogP contribution in [0.3, 0.4) is 0 Å². The average molecular weight is 1850 g/mol. The maximum Gasteiger partial charge on any atom is 0.419 e. The number of ether oxygens (including phenoxy) is 6. The number of phenols is 3. The van der Waals surface area contributed by atoms with E-state index in [0.29, 0.717) is 23.8 Å². The van der Waals surface area contributed by atoms with E-state index in [2.05, 4.69) is 47.9 Å². The Morgan fingerprint density at radius 3 is 1.90 bits per heavy atom. The summed E-state index contributed by atoms with van der Waals surface area (Å²) in [5.74, 6) is -22.8. The van der Waals surface area contributed by atoms with Crippen molar-refractivity contribution >= 4 is 93.9 Å². The molecule has 2 fully saturated rings. The second kappa shape index (κ2) is 39.9. The lowest BCUT2D eigenvalue weighted by molar-refractivity contribution is -0.334. The Balaban J connectivity index is 0.0000161. The number of carbonyl (C=O) groups excluding carboxylic acids is 11. The van der Waals surface area contributed by atoms with Gasteiger partial charge in [0.15, 0.2) is 23.9 Å². The zero-order chi connectivity index (χ0) is 93.1. The highest BCUT2D eigenvalue weighted by Crippen LogP contribution is 2.50. The first-order valence-corrected chi connectivity index (χ1v) is 40.0. The molecule has 7 aliphatic heterocycles. The summed E-state index contributed by atoms with van der Waals surface area (Å²) in [6, 6.07) is 5.58. The lowest BCUT2D eigenvalue weighted by Crippen LogP contribution is -2.65. The summed E-state index contributed by atoms with van der Waals surface area (Å²) in [5, 5.41) is 129. The van der Waals surface area contributed by atoms with Gasteiger partial charge >= 0.3 is 18.0 Å². The number of fused-ring (bicyclic) bond motifs is 15. The van der Waals surface area contributed by atoms with Gasteiger partial charge in [-0.1, -0.05) is 74.8 Å². The molecule has 45 heteroatoms. The highest BCUT2D eigenvalue weighted by atomic mass is 35.5. The van der Waals surface area contributed by atoms with Crippen LogP contribution in [0.4, 0.5) is 23.2 Å². The smallest absolute Gasteiger partial charge is 0.419 e. The fraction of sp³-hybridized carbons (Fsp3) is 0.369. The monoisotopic (exact) mass is 1840 g/mol. The van der Waals surface area contributed by atoms with Crippen LogP contribution in [-0.4, -0.2) is 204 Å². The third-order valence-electron chi connectivity index (χ3n) is 21.7. The first kappa shape index (κ1) is 97.0. The number of hydrogen-bond acceptors (Lipinski definition) is 28. The maximum absolute atomic E-state index is 16.3. The van der Waals surface area contributed by atoms with E-state index in [1.807, 2.05) is 5.43 Å². The molecule has 2 saturated heterocycles. The van der Waals surface area contributed by atoms with Crippen molar-refractivity contribution in [1.82, 2.24) is 53.4 Å². The molecule has 0 saturated carbocycles. The Kier molecular flexibility index (Phi) is 30.0. The fourth-order valence-corrected chi connectivity index (χ4v) is 15.5. The van der Waals surface area contributed by atoms with Crippen molar-refractivity contribution in [2.45, 2.75) is 176 Å². The number of amides is 11. The molecule has 39 nitrogen and oxygen atoms in total. The van der Waals surface area contributed by atoms with Gasteiger partial charge in [-0.05, 0) is 152 Å². The summed E-state index contributed by atoms with van der Waals surface area (Å²) in [6.07, 6.45) is -25.2. The van der Waals surface area contributed by atoms with E-state index < -0.39 is 294 Å². The lowest BCUT2D eigenvalue weighted by atomic mass is 9.84. The minimum absolute atomic E-state index is 0. The molecule has 0 aliphatic carbocycles. The molecule has 7 aromatic carbocycles. The number of likely N-dealkylation sites (N-methyl/N-ethyl adjacent to an activating group) is 1. The molecule has 18 atom stereocenters. The number of primary amides is 2. The Hall–Kier alpha value is -12.6. The van der Waals surface area contributed by atoms with E-state index in [1.165, 1.54) is 32.2 Å². The van der Waals surface area contributed by atoms with Crippen LogP contribution in [-0.2, 0) is 74.9 Å². The van der Waals surface area contributed by atoms with E-state index in [4.69, 9.17) is 63.1 Å². The minimum Gasteiger partial charge on any atom is -0.508 e. The Morgan fingerprint density at radius 1 is 0.682 bits per heavy atom. The van der Waals surface area contributed by atoms with E-state index >= 15 is 24.0 Å². The van der Waals surface area contributed by atoms with Gasteiger partial charge in [-0.2, -0.15) is 13.2 Å². The Morgan fingerprint density at radius 2 is 1.30 bits per heavy atom. The number of nitrogens with one attached hydrogen (secondary N) is 11. The number of halogens is 6. The van der Waals surface area contributed by atoms with Crippen molar-refractivity contribution < 1.29 is 145 Å². The third kappa shape index (κ3) is 21.7. The van der Waals surface area contributed by atoms with Gasteiger partial charge < -0.3 is 134 Å². The standard InChI is InChI=1S/C83H87Cl2F4N13O26.CH4/c1-31(2)18-47(92-5)73(115)99-62-64(108)35-10-16-51(44(84)20-35)124-53-23-38-24-54(68(53)128-81-69(67(111)66(110)55(30-103)126-81)127-57-28-82(4,70(112)32(3)123-57)93-29-33-6-12-39(13-7-33)94-72(114)37-8-14-43(46(86)22-37)83(87,88)89)125-52-17-11-36(21-45(52)85)65(109)63-78(120)98-61(79(121)101-102-80(122)71(91)113)42-25-40(104)26-50(106)58(42)41-19-34(9-15-49(41)105)59(75(117)100-63)97-76(118)60(38)96-74(116)48(27-56(90)107)95-77(62)119;/h6-17,19-26,31-32,47-48,55,57,59-67,69-70,81,92-93,103-106,108-112H,18,27-30H2,1-5H3,(H2,90,107)(H2,91,113)(H,94,114)(H,95,119)(H,96,116)(H,97,118)(H,98,120)(H,99,115)(H,100,117)(H,101,121)(H,102,122);1H4. The number of nitrogens with two attached hydrogens (primary N) is 2. The predicted molar refractivity (Wildman–Crippen MR) is 442 cm³/mol. The van der Waals surface area contributed by atoms with Crippen LogP contribution in [0.5, 0.6) is 46.0 Å². The molecule has 24 N–H and O–H groups in total. The zero-order valence-corrected chi connectivity index (χ0v) is 69.4. The SMILES string of the molecule is C.CNC(CC(C)C)C(=O)NC1C(=O)NC(CC(N)=O)C(=O)NC2C(=O)NC3C(=O)NC(C(=O)NC(C(=O)NNC(=O)C(N)=O)c4cc(O)cc(O)c4-c4cc3ccc4O)C(O)c3ccc(c(Cl)c3)Oc3cc2cc(c3OC2OC(CO)C(O)C(O)C2OC2CC(C)(NCc3ccc(NC(=O)c4ccc(C(F)(F)F)c(F)c4)cc3)C(O)C(C)O2)Oc2ccc(cc2Cl)C1O. The van der Waals surface area contributed by atoms with Crippen LogP contribution in [0.1, 0.15) is 134 Å². The van der Waals surface area contributed by atoms with Crippen LogP contribution in [0, 0.1) is 11.7 Å². The largest absolute Gasteiger partial charge is 0.508 e. The number of aromatic hydroxyl groups is 3. The number of aliphatic hydroxyl groups excluding tert-OH is 6. The van der Waals surface area contributed by atoms with Gasteiger partial charge in [0.2, 0.25) is 53.4 Å². The number of carbonyl (C=O) groups is 11. The number of aliphatic hydroxyl groups is 6. The van der Waals surface area contributed by atoms with Gasteiger partial charge in [0.1, 0.15) is 101 Å². The van der Waals surface area contributed by atoms with Crippen molar-refractivity contribution in [1.29, 1.82) is 0 Å². The van der Waals surface area contributed by atoms with Gasteiger partial charge in [0.25, 0.3) is 11.8 Å². The van der Waals surface area contributed by atoms with E-state index in [9.17, 15) is 92.3 Å². The second-order valence-corrected chi connectivity index (χ2v) is 32.1. The van der Waals surface area contributed by atoms with Crippen LogP contribution >= 0.6 is 23.2 Å². The normalized spacial score (nSPS) is 25.5. The molecule has 690 valence electrons. The first-order chi connectivity index (χ1) is 60.4. The summed E-state index contributed by atoms with van der Waals surface area (Å²) >= 11 is 14.3. The number of rotatable bonds is 18. The number of benzene rings is 7. The Bertz CT molecular complexity index is 5510. The molecule has 0 aromatic heterocycles. The molecule has 0 spiro atoms. The van der Waals surface area contributed by atoms with Gasteiger partial charge in [0, 0.05) is 46.9 Å². The average Bonchev–Trinajstić information content (AvgIpc) is 0.761. The number of alkyl halides is 3. The van der Waals surface area contributed by atoms with Gasteiger partial charge in [-0.3, -0.25) is 63.6 Å². The summed E-state index contributed by atoms with van der Waals surface area (Å²) in [6.45, 7) is 5.50. The second-order valence-electron chi connectivity index (χ2n) is 31.3. The molecular formula is C84H91Cl2F4N13O26. The van der Waals surface area contributed by atoms with Crippen LogP contribution in [0.25, 0.3) is 11.1 Å². The topological polar surface area (TPSA) is 610 Å². The molecule has 7 aromatic rings. The van der Waals surface area contributed by atoms with Crippen molar-refractivity contribution in [3.63, 3.8) is 0 Å². The van der Waals surface area contributed by atoms with Crippen molar-refractivity contribution in [3.8, 4) is 57.1 Å². The number of phenolic OH excluding ortho intramolecular Hbond substituents is 3. The van der Waals surface area contributed by atoms with Crippen molar-refractivity contribution in [2.75, 3.05) is 19.0 Å². The first-order valence-electron chi connectivity index (χ1n) is 39.3. The summed E-state index contributed by atoms with van der Waals surface area (Å²) < 4.78 is 93.6. The molecule has 7 aliphatic rings. The summed E-state index contributed by atoms with van der Waals surface area (Å²) in [7, 11) is 1.44. The van der Waals surface area contributed by atoms with Crippen molar-refractivity contribution in [3.05, 3.63) is 182 Å². The van der Waals surface area contributed by atoms with Gasteiger partial charge in [-0.25, -0.2) is 4.39 Å². The summed E-state index contributed by atoms with van der Waals surface area (Å²) in [4.78, 5) is 157. The van der Waals surface area contributed by atoms with Crippen molar-refractivity contribution in [2.24, 2.45) is 17.4 Å². The molecule has 0 radical (unpaired) electrons. The number of anilines is 1. The number of hydrogen-bond donors (Lipinski definition) is 22. The maximum atomic E-state index is 16.3. The van der Waals surface area contributed by atoms with Crippen LogP contribution in [0.2, 0.25) is 10.0 Å². The van der Waals surface area contributed by atoms with E-state index in [1.54, 1.807) is 38.3 Å². The van der Waals surface area contributed by atoms with Gasteiger partial charge in [-0.15, -0.1) is 0 Å².